The molecule has 0 spiro atoms. The van der Waals surface area contributed by atoms with Crippen molar-refractivity contribution in [2.45, 2.75) is 6.42 Å². The van der Waals surface area contributed by atoms with Gasteiger partial charge in [0.1, 0.15) is 0 Å². The third-order valence-electron chi connectivity index (χ3n) is 1.75. The van der Waals surface area contributed by atoms with E-state index in [-0.39, 0.29) is 5.75 Å². The third-order valence-corrected chi connectivity index (χ3v) is 1.75. The van der Waals surface area contributed by atoms with Crippen molar-refractivity contribution in [2.24, 2.45) is 0 Å². The average molecular weight is 131 g/mol. The SMILES string of the molecule is [O]c1ccc2c(c1)CC=C2. The second-order valence-electron chi connectivity index (χ2n) is 2.47. The fraction of sp³-hybridized carbons (Fsp3) is 0.111. The number of hydrogen-bond acceptors (Lipinski definition) is 0. The zero-order chi connectivity index (χ0) is 6.97. The Bertz CT molecular complexity index is 287. The quantitative estimate of drug-likeness (QED) is 0.515. The van der Waals surface area contributed by atoms with E-state index >= 15 is 0 Å². The molecule has 1 heteroatoms. The first-order valence-corrected chi connectivity index (χ1v) is 3.33. The van der Waals surface area contributed by atoms with Crippen LogP contribution in [0.3, 0.4) is 0 Å². The summed E-state index contributed by atoms with van der Waals surface area (Å²) >= 11 is 0. The van der Waals surface area contributed by atoms with E-state index in [1.165, 1.54) is 5.56 Å². The van der Waals surface area contributed by atoms with E-state index in [0.29, 0.717) is 0 Å². The van der Waals surface area contributed by atoms with Crippen molar-refractivity contribution in [3.63, 3.8) is 0 Å². The second-order valence-corrected chi connectivity index (χ2v) is 2.47. The number of fused-ring (bicyclic) bond motifs is 1. The molecule has 1 nitrogen and oxygen atoms in total. The Hall–Kier alpha value is -1.24. The summed E-state index contributed by atoms with van der Waals surface area (Å²) in [6, 6.07) is 5.19. The maximum absolute atomic E-state index is 10.8. The Morgan fingerprint density at radius 2 is 2.20 bits per heavy atom. The molecule has 0 saturated carbocycles. The average Bonchev–Trinajstić information content (AvgIpc) is 2.33. The van der Waals surface area contributed by atoms with Gasteiger partial charge >= 0.3 is 0 Å². The molecule has 0 amide bonds. The van der Waals surface area contributed by atoms with Gasteiger partial charge in [-0.25, -0.2) is 0 Å². The predicted octanol–water partition coefficient (Wildman–Crippen LogP) is 2.40. The first-order chi connectivity index (χ1) is 4.86. The van der Waals surface area contributed by atoms with E-state index in [0.717, 1.165) is 12.0 Å². The van der Waals surface area contributed by atoms with Crippen LogP contribution in [0, 0.1) is 0 Å². The largest absolute Gasteiger partial charge is 0.290 e. The zero-order valence-corrected chi connectivity index (χ0v) is 5.50. The highest BCUT2D eigenvalue weighted by Crippen LogP contribution is 2.23. The van der Waals surface area contributed by atoms with Crippen molar-refractivity contribution in [1.29, 1.82) is 0 Å². The van der Waals surface area contributed by atoms with Crippen LogP contribution in [0.5, 0.6) is 5.75 Å². The second kappa shape index (κ2) is 1.87. The Morgan fingerprint density at radius 3 is 3.10 bits per heavy atom. The molecule has 49 valence electrons. The lowest BCUT2D eigenvalue weighted by Crippen LogP contribution is -1.78. The molecule has 0 aliphatic heterocycles. The highest BCUT2D eigenvalue weighted by atomic mass is 16.3. The van der Waals surface area contributed by atoms with E-state index in [2.05, 4.69) is 12.2 Å². The molecule has 1 aliphatic carbocycles. The number of rotatable bonds is 0. The van der Waals surface area contributed by atoms with E-state index in [4.69, 9.17) is 0 Å². The summed E-state index contributed by atoms with van der Waals surface area (Å²) in [5.41, 5.74) is 2.35. The van der Waals surface area contributed by atoms with Crippen molar-refractivity contribution in [3.8, 4) is 5.75 Å². The lowest BCUT2D eigenvalue weighted by Gasteiger charge is -1.95. The van der Waals surface area contributed by atoms with Gasteiger partial charge < -0.3 is 0 Å². The standard InChI is InChI=1S/C9H7O/c10-9-5-4-7-2-1-3-8(7)6-9/h1-2,4-6H,3H2. The minimum Gasteiger partial charge on any atom is -0.290 e. The normalized spacial score (nSPS) is 13.6. The fourth-order valence-electron chi connectivity index (χ4n) is 1.23. The number of allylic oxidation sites excluding steroid dienone is 1. The van der Waals surface area contributed by atoms with Crippen molar-refractivity contribution in [2.75, 3.05) is 0 Å². The molecule has 1 aliphatic rings. The lowest BCUT2D eigenvalue weighted by molar-refractivity contribution is 0.354. The Morgan fingerprint density at radius 1 is 1.30 bits per heavy atom. The monoisotopic (exact) mass is 131 g/mol. The molecule has 1 radical (unpaired) electrons. The van der Waals surface area contributed by atoms with Gasteiger partial charge in [0.15, 0.2) is 5.75 Å². The molecule has 0 N–H and O–H groups in total. The third kappa shape index (κ3) is 0.711. The molecular weight excluding hydrogens is 124 g/mol. The van der Waals surface area contributed by atoms with Gasteiger partial charge in [0.2, 0.25) is 0 Å². The molecule has 0 atom stereocenters. The maximum atomic E-state index is 10.8. The molecule has 0 saturated heterocycles. The van der Waals surface area contributed by atoms with Crippen molar-refractivity contribution < 1.29 is 5.11 Å². The summed E-state index contributed by atoms with van der Waals surface area (Å²) < 4.78 is 0. The maximum Gasteiger partial charge on any atom is 0.178 e. The first-order valence-electron chi connectivity index (χ1n) is 3.33. The van der Waals surface area contributed by atoms with E-state index in [9.17, 15) is 5.11 Å². The fourth-order valence-corrected chi connectivity index (χ4v) is 1.23. The van der Waals surface area contributed by atoms with Crippen molar-refractivity contribution in [3.05, 3.63) is 35.4 Å². The molecule has 1 aromatic rings. The molecule has 0 unspecified atom stereocenters. The molecule has 1 aromatic carbocycles. The van der Waals surface area contributed by atoms with Gasteiger partial charge in [-0.1, -0.05) is 18.2 Å². The van der Waals surface area contributed by atoms with Crippen molar-refractivity contribution in [1.82, 2.24) is 0 Å². The summed E-state index contributed by atoms with van der Waals surface area (Å²) in [6.07, 6.45) is 5.05. The Labute approximate surface area is 59.6 Å². The van der Waals surface area contributed by atoms with Crippen LogP contribution in [-0.2, 0) is 11.5 Å². The lowest BCUT2D eigenvalue weighted by atomic mass is 10.1. The predicted molar refractivity (Wildman–Crippen MR) is 39.3 cm³/mol. The smallest absolute Gasteiger partial charge is 0.178 e. The molecule has 0 bridgehead atoms. The molecule has 0 aromatic heterocycles. The van der Waals surface area contributed by atoms with Gasteiger partial charge in [-0.05, 0) is 29.7 Å². The summed E-state index contributed by atoms with van der Waals surface area (Å²) in [5.74, 6) is 0.113. The van der Waals surface area contributed by atoms with Gasteiger partial charge in [-0.15, -0.1) is 0 Å². The minimum atomic E-state index is 0.113. The highest BCUT2D eigenvalue weighted by molar-refractivity contribution is 5.60. The van der Waals surface area contributed by atoms with Crippen LogP contribution in [0.15, 0.2) is 24.3 Å². The minimum absolute atomic E-state index is 0.113. The zero-order valence-electron chi connectivity index (χ0n) is 5.50. The van der Waals surface area contributed by atoms with Gasteiger partial charge in [0, 0.05) is 0 Å². The topological polar surface area (TPSA) is 19.9 Å². The van der Waals surface area contributed by atoms with Crippen LogP contribution in [0.25, 0.3) is 6.08 Å². The Kier molecular flexibility index (Phi) is 1.04. The van der Waals surface area contributed by atoms with E-state index in [1.54, 1.807) is 12.1 Å². The summed E-state index contributed by atoms with van der Waals surface area (Å²) in [6.45, 7) is 0. The highest BCUT2D eigenvalue weighted by Gasteiger charge is 2.04. The van der Waals surface area contributed by atoms with Crippen LogP contribution in [0.4, 0.5) is 0 Å². The number of benzene rings is 1. The first kappa shape index (κ1) is 5.54. The van der Waals surface area contributed by atoms with Gasteiger partial charge in [-0.3, -0.25) is 5.11 Å². The summed E-state index contributed by atoms with van der Waals surface area (Å²) in [4.78, 5) is 0. The summed E-state index contributed by atoms with van der Waals surface area (Å²) in [5, 5.41) is 10.8. The van der Waals surface area contributed by atoms with Gasteiger partial charge in [0.05, 0.1) is 0 Å². The summed E-state index contributed by atoms with van der Waals surface area (Å²) in [7, 11) is 0. The molecule has 10 heavy (non-hydrogen) atoms. The number of hydrogen-bond donors (Lipinski definition) is 0. The van der Waals surface area contributed by atoms with Crippen LogP contribution in [-0.4, -0.2) is 0 Å². The van der Waals surface area contributed by atoms with Crippen LogP contribution in [0.1, 0.15) is 11.1 Å². The van der Waals surface area contributed by atoms with E-state index in [1.807, 2.05) is 6.07 Å². The molecular formula is C9H7O. The van der Waals surface area contributed by atoms with Crippen LogP contribution in [0.2, 0.25) is 0 Å². The van der Waals surface area contributed by atoms with Crippen LogP contribution >= 0.6 is 0 Å². The van der Waals surface area contributed by atoms with Gasteiger partial charge in [0.25, 0.3) is 0 Å². The van der Waals surface area contributed by atoms with Crippen LogP contribution < -0.4 is 0 Å². The molecule has 0 heterocycles. The van der Waals surface area contributed by atoms with Crippen molar-refractivity contribution >= 4 is 6.08 Å². The van der Waals surface area contributed by atoms with E-state index < -0.39 is 0 Å². The molecule has 2 rings (SSSR count). The molecule has 0 fully saturated rings. The van der Waals surface area contributed by atoms with Gasteiger partial charge in [-0.2, -0.15) is 0 Å². The Balaban J connectivity index is 2.59.